The molecule has 0 atom stereocenters. The van der Waals surface area contributed by atoms with E-state index in [9.17, 15) is 9.59 Å². The van der Waals surface area contributed by atoms with Crippen LogP contribution in [0, 0.1) is 0 Å². The number of nitrogens with zero attached hydrogens (tertiary/aromatic N) is 3. The van der Waals surface area contributed by atoms with Crippen LogP contribution in [-0.4, -0.2) is 54.3 Å². The number of rotatable bonds is 7. The van der Waals surface area contributed by atoms with Gasteiger partial charge in [0, 0.05) is 39.1 Å². The van der Waals surface area contributed by atoms with Crippen molar-refractivity contribution in [1.29, 1.82) is 0 Å². The second kappa shape index (κ2) is 9.75. The minimum atomic E-state index is -0.193. The Kier molecular flexibility index (Phi) is 6.62. The van der Waals surface area contributed by atoms with Gasteiger partial charge in [0.2, 0.25) is 5.91 Å². The fourth-order valence-electron chi connectivity index (χ4n) is 3.71. The summed E-state index contributed by atoms with van der Waals surface area (Å²) in [4.78, 5) is 31.3. The molecule has 0 spiro atoms. The minimum Gasteiger partial charge on any atom is -0.472 e. The monoisotopic (exact) mass is 441 g/mol. The van der Waals surface area contributed by atoms with Crippen molar-refractivity contribution in [3.05, 3.63) is 77.6 Å². The first-order valence-corrected chi connectivity index (χ1v) is 10.6. The van der Waals surface area contributed by atoms with Crippen molar-refractivity contribution in [1.82, 2.24) is 9.80 Å². The molecule has 0 bridgehead atoms. The Morgan fingerprint density at radius 3 is 2.48 bits per heavy atom. The maximum atomic E-state index is 12.8. The highest BCUT2D eigenvalue weighted by molar-refractivity contribution is 6.33. The SMILES string of the molecule is O=C(CCN(Cc1ccco1)C(=O)c1ccoc1)N1CCN(c2ccccc2Cl)CC1. The van der Waals surface area contributed by atoms with Gasteiger partial charge in [0.05, 0.1) is 35.3 Å². The molecule has 31 heavy (non-hydrogen) atoms. The number of benzene rings is 1. The smallest absolute Gasteiger partial charge is 0.257 e. The van der Waals surface area contributed by atoms with Crippen molar-refractivity contribution < 1.29 is 18.4 Å². The Morgan fingerprint density at radius 1 is 1.00 bits per heavy atom. The fourth-order valence-corrected chi connectivity index (χ4v) is 3.96. The van der Waals surface area contributed by atoms with Crippen LogP contribution in [0.3, 0.4) is 0 Å². The van der Waals surface area contributed by atoms with Crippen molar-refractivity contribution in [2.24, 2.45) is 0 Å². The molecule has 0 unspecified atom stereocenters. The summed E-state index contributed by atoms with van der Waals surface area (Å²) >= 11 is 6.30. The molecule has 2 amide bonds. The van der Waals surface area contributed by atoms with E-state index in [1.54, 1.807) is 23.3 Å². The zero-order chi connectivity index (χ0) is 21.6. The molecule has 0 radical (unpaired) electrons. The molecular weight excluding hydrogens is 418 g/mol. The van der Waals surface area contributed by atoms with Crippen LogP contribution in [0.25, 0.3) is 0 Å². The van der Waals surface area contributed by atoms with E-state index in [0.717, 1.165) is 18.8 Å². The van der Waals surface area contributed by atoms with Gasteiger partial charge in [0.25, 0.3) is 5.91 Å². The number of halogens is 1. The predicted octanol–water partition coefficient (Wildman–Crippen LogP) is 3.91. The Morgan fingerprint density at radius 2 is 1.81 bits per heavy atom. The van der Waals surface area contributed by atoms with Crippen LogP contribution in [0.5, 0.6) is 0 Å². The van der Waals surface area contributed by atoms with Gasteiger partial charge in [-0.2, -0.15) is 0 Å². The van der Waals surface area contributed by atoms with Gasteiger partial charge in [-0.15, -0.1) is 0 Å². The number of anilines is 1. The number of hydrogen-bond donors (Lipinski definition) is 0. The molecular formula is C23H24ClN3O4. The van der Waals surface area contributed by atoms with Gasteiger partial charge < -0.3 is 23.5 Å². The first-order valence-electron chi connectivity index (χ1n) is 10.2. The first kappa shape index (κ1) is 21.1. The summed E-state index contributed by atoms with van der Waals surface area (Å²) < 4.78 is 10.4. The summed E-state index contributed by atoms with van der Waals surface area (Å²) in [6.07, 6.45) is 4.69. The zero-order valence-electron chi connectivity index (χ0n) is 17.1. The molecule has 2 aromatic heterocycles. The van der Waals surface area contributed by atoms with Crippen molar-refractivity contribution in [2.45, 2.75) is 13.0 Å². The molecule has 1 aliphatic heterocycles. The summed E-state index contributed by atoms with van der Waals surface area (Å²) in [5.74, 6) is 0.502. The number of para-hydroxylation sites is 1. The van der Waals surface area contributed by atoms with Crippen LogP contribution in [0.1, 0.15) is 22.5 Å². The number of carbonyl (C=O) groups excluding carboxylic acids is 2. The lowest BCUT2D eigenvalue weighted by Crippen LogP contribution is -2.49. The summed E-state index contributed by atoms with van der Waals surface area (Å²) in [7, 11) is 0. The second-order valence-corrected chi connectivity index (χ2v) is 7.79. The number of amides is 2. The molecule has 0 N–H and O–H groups in total. The number of hydrogen-bond acceptors (Lipinski definition) is 5. The fraction of sp³-hybridized carbons (Fsp3) is 0.304. The summed E-state index contributed by atoms with van der Waals surface area (Å²) in [5, 5.41) is 0.716. The van der Waals surface area contributed by atoms with Crippen LogP contribution in [0.4, 0.5) is 5.69 Å². The van der Waals surface area contributed by atoms with E-state index in [1.807, 2.05) is 35.2 Å². The molecule has 7 nitrogen and oxygen atoms in total. The van der Waals surface area contributed by atoms with Crippen molar-refractivity contribution in [2.75, 3.05) is 37.6 Å². The van der Waals surface area contributed by atoms with E-state index in [1.165, 1.54) is 12.5 Å². The van der Waals surface area contributed by atoms with Crippen molar-refractivity contribution >= 4 is 29.1 Å². The van der Waals surface area contributed by atoms with E-state index < -0.39 is 0 Å². The average Bonchev–Trinajstić information content (AvgIpc) is 3.51. The first-order chi connectivity index (χ1) is 15.1. The standard InChI is InChI=1S/C23H24ClN3O4/c24-20-5-1-2-6-21(20)25-10-12-26(13-11-25)22(28)7-9-27(16-19-4-3-14-31-19)23(29)18-8-15-30-17-18/h1-6,8,14-15,17H,7,9-13,16H2. The Hall–Kier alpha value is -3.19. The Balaban J connectivity index is 1.33. The molecule has 1 aliphatic rings. The normalized spacial score (nSPS) is 14.0. The van der Waals surface area contributed by atoms with Crippen LogP contribution < -0.4 is 4.90 Å². The van der Waals surface area contributed by atoms with E-state index in [0.29, 0.717) is 42.5 Å². The van der Waals surface area contributed by atoms with Gasteiger partial charge >= 0.3 is 0 Å². The van der Waals surface area contributed by atoms with E-state index in [4.69, 9.17) is 20.4 Å². The highest BCUT2D eigenvalue weighted by atomic mass is 35.5. The van der Waals surface area contributed by atoms with E-state index >= 15 is 0 Å². The summed E-state index contributed by atoms with van der Waals surface area (Å²) in [5.41, 5.74) is 1.44. The van der Waals surface area contributed by atoms with Gasteiger partial charge in [-0.05, 0) is 30.3 Å². The zero-order valence-corrected chi connectivity index (χ0v) is 17.8. The molecule has 1 aromatic carbocycles. The van der Waals surface area contributed by atoms with Gasteiger partial charge in [-0.25, -0.2) is 0 Å². The molecule has 0 saturated carbocycles. The molecule has 3 aromatic rings. The lowest BCUT2D eigenvalue weighted by Gasteiger charge is -2.36. The van der Waals surface area contributed by atoms with Crippen molar-refractivity contribution in [3.63, 3.8) is 0 Å². The lowest BCUT2D eigenvalue weighted by atomic mass is 10.2. The summed E-state index contributed by atoms with van der Waals surface area (Å²) in [6.45, 7) is 3.29. The third kappa shape index (κ3) is 5.11. The average molecular weight is 442 g/mol. The van der Waals surface area contributed by atoms with Crippen LogP contribution >= 0.6 is 11.6 Å². The quantitative estimate of drug-likeness (QED) is 0.556. The number of carbonyl (C=O) groups is 2. The van der Waals surface area contributed by atoms with E-state index in [2.05, 4.69) is 4.90 Å². The molecule has 1 fully saturated rings. The molecule has 3 heterocycles. The number of piperazine rings is 1. The maximum Gasteiger partial charge on any atom is 0.257 e. The molecule has 4 rings (SSSR count). The van der Waals surface area contributed by atoms with E-state index in [-0.39, 0.29) is 18.2 Å². The van der Waals surface area contributed by atoms with Gasteiger partial charge in [0.15, 0.2) is 0 Å². The van der Waals surface area contributed by atoms with Crippen molar-refractivity contribution in [3.8, 4) is 0 Å². The number of furan rings is 2. The Labute approximate surface area is 185 Å². The van der Waals surface area contributed by atoms with Gasteiger partial charge in [-0.1, -0.05) is 23.7 Å². The molecule has 0 aliphatic carbocycles. The van der Waals surface area contributed by atoms with Crippen LogP contribution in [-0.2, 0) is 11.3 Å². The highest BCUT2D eigenvalue weighted by Gasteiger charge is 2.24. The molecule has 1 saturated heterocycles. The minimum absolute atomic E-state index is 0.0308. The lowest BCUT2D eigenvalue weighted by molar-refractivity contribution is -0.131. The summed E-state index contributed by atoms with van der Waals surface area (Å²) in [6, 6.07) is 12.9. The third-order valence-electron chi connectivity index (χ3n) is 5.40. The molecule has 8 heteroatoms. The van der Waals surface area contributed by atoms with Gasteiger partial charge in [-0.3, -0.25) is 9.59 Å². The van der Waals surface area contributed by atoms with Crippen LogP contribution in [0.15, 0.2) is 70.1 Å². The highest BCUT2D eigenvalue weighted by Crippen LogP contribution is 2.26. The van der Waals surface area contributed by atoms with Gasteiger partial charge in [0.1, 0.15) is 12.0 Å². The Bertz CT molecular complexity index is 996. The third-order valence-corrected chi connectivity index (χ3v) is 5.72. The predicted molar refractivity (Wildman–Crippen MR) is 117 cm³/mol. The topological polar surface area (TPSA) is 70.1 Å². The largest absolute Gasteiger partial charge is 0.472 e. The maximum absolute atomic E-state index is 12.8. The second-order valence-electron chi connectivity index (χ2n) is 7.39. The molecule has 162 valence electrons. The van der Waals surface area contributed by atoms with Crippen LogP contribution in [0.2, 0.25) is 5.02 Å².